The van der Waals surface area contributed by atoms with E-state index in [4.69, 9.17) is 0 Å². The predicted octanol–water partition coefficient (Wildman–Crippen LogP) is -0.0558. The van der Waals surface area contributed by atoms with Gasteiger partial charge in [-0.25, -0.2) is 13.4 Å². The number of amides is 1. The molecule has 0 aliphatic heterocycles. The molecule has 0 aliphatic rings. The lowest BCUT2D eigenvalue weighted by atomic mass is 10.2. The van der Waals surface area contributed by atoms with Gasteiger partial charge in [0.1, 0.15) is 0 Å². The highest BCUT2D eigenvalue weighted by molar-refractivity contribution is 7.92. The van der Waals surface area contributed by atoms with E-state index in [1.807, 2.05) is 6.92 Å². The number of aliphatic hydroxyl groups is 1. The van der Waals surface area contributed by atoms with E-state index in [1.54, 1.807) is 5.38 Å². The number of aromatic nitrogens is 1. The van der Waals surface area contributed by atoms with Crippen LogP contribution in [0.4, 0.5) is 5.13 Å². The van der Waals surface area contributed by atoms with Crippen molar-refractivity contribution in [2.24, 2.45) is 0 Å². The summed E-state index contributed by atoms with van der Waals surface area (Å²) in [4.78, 5) is 15.5. The van der Waals surface area contributed by atoms with Crippen LogP contribution in [0.1, 0.15) is 19.0 Å². The number of thiazole rings is 1. The van der Waals surface area contributed by atoms with E-state index in [0.717, 1.165) is 17.6 Å². The summed E-state index contributed by atoms with van der Waals surface area (Å²) < 4.78 is 24.2. The molecule has 1 unspecified atom stereocenters. The summed E-state index contributed by atoms with van der Waals surface area (Å²) in [5.74, 6) is -0.260. The van der Waals surface area contributed by atoms with Crippen molar-refractivity contribution in [1.29, 1.82) is 0 Å². The average Bonchev–Trinajstić information content (AvgIpc) is 2.70. The normalized spacial score (nSPS) is 13.0. The number of sulfonamides is 1. The molecule has 0 spiro atoms. The summed E-state index contributed by atoms with van der Waals surface area (Å²) >= 11 is 1.12. The summed E-state index contributed by atoms with van der Waals surface area (Å²) in [7, 11) is -3.35. The van der Waals surface area contributed by atoms with E-state index in [2.05, 4.69) is 15.0 Å². The van der Waals surface area contributed by atoms with Gasteiger partial charge in [0.15, 0.2) is 5.13 Å². The first-order valence-electron chi connectivity index (χ1n) is 5.67. The van der Waals surface area contributed by atoms with Crippen molar-refractivity contribution in [3.63, 3.8) is 0 Å². The summed E-state index contributed by atoms with van der Waals surface area (Å²) in [5, 5.41) is 13.7. The molecule has 7 nitrogen and oxygen atoms in total. The van der Waals surface area contributed by atoms with Gasteiger partial charge >= 0.3 is 0 Å². The molecule has 0 aromatic carbocycles. The zero-order valence-corrected chi connectivity index (χ0v) is 12.3. The van der Waals surface area contributed by atoms with Crippen molar-refractivity contribution in [3.05, 3.63) is 11.1 Å². The van der Waals surface area contributed by atoms with Crippen molar-refractivity contribution < 1.29 is 18.3 Å². The van der Waals surface area contributed by atoms with E-state index in [-0.39, 0.29) is 24.0 Å². The zero-order valence-electron chi connectivity index (χ0n) is 10.7. The zero-order chi connectivity index (χ0) is 14.5. The molecule has 0 saturated carbocycles. The molecule has 108 valence electrons. The van der Waals surface area contributed by atoms with Crippen LogP contribution in [0.2, 0.25) is 0 Å². The maximum atomic E-state index is 11.5. The molecule has 3 N–H and O–H groups in total. The van der Waals surface area contributed by atoms with Crippen LogP contribution < -0.4 is 10.0 Å². The third kappa shape index (κ3) is 6.50. The number of carbonyl (C=O) groups excluding carboxylic acids is 1. The third-order valence-electron chi connectivity index (χ3n) is 2.17. The number of hydrogen-bond acceptors (Lipinski definition) is 6. The molecule has 1 rings (SSSR count). The number of nitrogens with one attached hydrogen (secondary N) is 2. The first-order chi connectivity index (χ1) is 8.80. The average molecular weight is 307 g/mol. The van der Waals surface area contributed by atoms with Crippen LogP contribution in [0.5, 0.6) is 0 Å². The molecule has 1 atom stereocenters. The number of carbonyl (C=O) groups is 1. The molecule has 1 aromatic heterocycles. The van der Waals surface area contributed by atoms with Crippen LogP contribution in [0.3, 0.4) is 0 Å². The number of anilines is 1. The smallest absolute Gasteiger partial charge is 0.231 e. The van der Waals surface area contributed by atoms with Crippen LogP contribution in [-0.4, -0.2) is 43.3 Å². The Kier molecular flexibility index (Phi) is 5.70. The Morgan fingerprint density at radius 2 is 2.26 bits per heavy atom. The molecular formula is C10H17N3O4S2. The molecule has 0 fully saturated rings. The summed E-state index contributed by atoms with van der Waals surface area (Å²) in [6.45, 7) is 2.02. The lowest BCUT2D eigenvalue weighted by Gasteiger charge is -2.08. The molecule has 1 heterocycles. The molecule has 0 radical (unpaired) electrons. The fourth-order valence-electron chi connectivity index (χ4n) is 1.20. The Labute approximate surface area is 116 Å². The topological polar surface area (TPSA) is 108 Å². The van der Waals surface area contributed by atoms with Crippen LogP contribution >= 0.6 is 11.3 Å². The van der Waals surface area contributed by atoms with E-state index in [9.17, 15) is 18.3 Å². The highest BCUT2D eigenvalue weighted by Crippen LogP contribution is 2.16. The molecular weight excluding hydrogens is 290 g/mol. The lowest BCUT2D eigenvalue weighted by Crippen LogP contribution is -2.32. The molecule has 0 bridgehead atoms. The molecule has 0 saturated heterocycles. The van der Waals surface area contributed by atoms with E-state index < -0.39 is 16.1 Å². The highest BCUT2D eigenvalue weighted by atomic mass is 32.2. The third-order valence-corrected chi connectivity index (χ3v) is 3.67. The summed E-state index contributed by atoms with van der Waals surface area (Å²) in [5.41, 5.74) is 0.486. The Morgan fingerprint density at radius 1 is 1.58 bits per heavy atom. The van der Waals surface area contributed by atoms with Gasteiger partial charge in [0, 0.05) is 11.9 Å². The monoisotopic (exact) mass is 307 g/mol. The fourth-order valence-corrected chi connectivity index (χ4v) is 2.76. The number of aliphatic hydroxyl groups excluding tert-OH is 1. The van der Waals surface area contributed by atoms with Crippen molar-refractivity contribution in [3.8, 4) is 0 Å². The maximum Gasteiger partial charge on any atom is 0.231 e. The second-order valence-corrected chi connectivity index (χ2v) is 6.67. The Morgan fingerprint density at radius 3 is 2.84 bits per heavy atom. The van der Waals surface area contributed by atoms with E-state index in [0.29, 0.717) is 12.1 Å². The minimum Gasteiger partial charge on any atom is -0.391 e. The minimum absolute atomic E-state index is 0.0539. The van der Waals surface area contributed by atoms with Gasteiger partial charge in [0.25, 0.3) is 0 Å². The first-order valence-corrected chi connectivity index (χ1v) is 8.44. The standard InChI is InChI=1S/C10H17N3O4S2/c1-3-8(14)5-11-9(15)4-7-6-18-10(12-7)13-19(2,16)17/h6,8,14H,3-5H2,1-2H3,(H,11,15)(H,12,13). The number of hydrogen-bond donors (Lipinski definition) is 3. The van der Waals surface area contributed by atoms with Gasteiger partial charge in [-0.05, 0) is 6.42 Å². The van der Waals surface area contributed by atoms with Gasteiger partial charge in [-0.2, -0.15) is 0 Å². The Hall–Kier alpha value is -1.19. The maximum absolute atomic E-state index is 11.5. The van der Waals surface area contributed by atoms with Crippen LogP contribution in [-0.2, 0) is 21.2 Å². The van der Waals surface area contributed by atoms with Gasteiger partial charge in [-0.15, -0.1) is 11.3 Å². The molecule has 1 amide bonds. The Bertz CT molecular complexity index is 527. The van der Waals surface area contributed by atoms with Crippen LogP contribution in [0.15, 0.2) is 5.38 Å². The molecule has 19 heavy (non-hydrogen) atoms. The van der Waals surface area contributed by atoms with Gasteiger partial charge in [-0.1, -0.05) is 6.92 Å². The van der Waals surface area contributed by atoms with Gasteiger partial charge in [-0.3, -0.25) is 9.52 Å². The lowest BCUT2D eigenvalue weighted by molar-refractivity contribution is -0.120. The fraction of sp³-hybridized carbons (Fsp3) is 0.600. The van der Waals surface area contributed by atoms with Crippen molar-refractivity contribution in [1.82, 2.24) is 10.3 Å². The van der Waals surface area contributed by atoms with E-state index >= 15 is 0 Å². The predicted molar refractivity (Wildman–Crippen MR) is 73.6 cm³/mol. The summed E-state index contributed by atoms with van der Waals surface area (Å²) in [6, 6.07) is 0. The second kappa shape index (κ2) is 6.83. The van der Waals surface area contributed by atoms with Crippen LogP contribution in [0, 0.1) is 0 Å². The molecule has 9 heteroatoms. The number of nitrogens with zero attached hydrogens (tertiary/aromatic N) is 1. The van der Waals surface area contributed by atoms with Crippen molar-refractivity contribution in [2.45, 2.75) is 25.9 Å². The first kappa shape index (κ1) is 15.9. The van der Waals surface area contributed by atoms with E-state index in [1.165, 1.54) is 0 Å². The Balaban J connectivity index is 2.47. The number of rotatable bonds is 7. The van der Waals surface area contributed by atoms with Gasteiger partial charge in [0.05, 0.1) is 24.5 Å². The summed E-state index contributed by atoms with van der Waals surface area (Å²) in [6.07, 6.45) is 1.10. The molecule has 0 aliphatic carbocycles. The van der Waals surface area contributed by atoms with Crippen molar-refractivity contribution >= 4 is 32.4 Å². The van der Waals surface area contributed by atoms with Crippen LogP contribution in [0.25, 0.3) is 0 Å². The molecule has 1 aromatic rings. The minimum atomic E-state index is -3.35. The quantitative estimate of drug-likeness (QED) is 0.654. The second-order valence-electron chi connectivity index (χ2n) is 4.06. The van der Waals surface area contributed by atoms with Crippen molar-refractivity contribution in [2.75, 3.05) is 17.5 Å². The van der Waals surface area contributed by atoms with Gasteiger partial charge in [0.2, 0.25) is 15.9 Å². The van der Waals surface area contributed by atoms with Gasteiger partial charge < -0.3 is 10.4 Å². The highest BCUT2D eigenvalue weighted by Gasteiger charge is 2.11. The SMILES string of the molecule is CCC(O)CNC(=O)Cc1csc(NS(C)(=O)=O)n1. The largest absolute Gasteiger partial charge is 0.391 e.